The van der Waals surface area contributed by atoms with Crippen molar-refractivity contribution in [1.29, 1.82) is 0 Å². The number of aromatic nitrogens is 3. The summed E-state index contributed by atoms with van der Waals surface area (Å²) in [6.45, 7) is 4.31. The summed E-state index contributed by atoms with van der Waals surface area (Å²) in [6.07, 6.45) is 4.86. The van der Waals surface area contributed by atoms with Crippen LogP contribution in [-0.4, -0.2) is 79.0 Å². The molecule has 2 saturated heterocycles. The summed E-state index contributed by atoms with van der Waals surface area (Å²) < 4.78 is 32.9. The largest absolute Gasteiger partial charge is 0.398 e. The average molecular weight is 539 g/mol. The van der Waals surface area contributed by atoms with Gasteiger partial charge in [0.25, 0.3) is 5.91 Å². The summed E-state index contributed by atoms with van der Waals surface area (Å²) in [4.78, 5) is 33.6. The van der Waals surface area contributed by atoms with E-state index in [-0.39, 0.29) is 28.9 Å². The molecule has 13 nitrogen and oxygen atoms in total. The first-order valence-corrected chi connectivity index (χ1v) is 13.9. The highest BCUT2D eigenvalue weighted by Crippen LogP contribution is 2.31. The van der Waals surface area contributed by atoms with Gasteiger partial charge in [-0.15, -0.1) is 5.10 Å². The van der Waals surface area contributed by atoms with Crippen LogP contribution < -0.4 is 20.4 Å². The zero-order valence-electron chi connectivity index (χ0n) is 20.5. The van der Waals surface area contributed by atoms with Gasteiger partial charge in [0, 0.05) is 51.0 Å². The van der Waals surface area contributed by atoms with Crippen LogP contribution in [0, 0.1) is 0 Å². The number of piperazine rings is 1. The molecule has 3 aliphatic rings. The van der Waals surface area contributed by atoms with E-state index < -0.39 is 21.8 Å². The highest BCUT2D eigenvalue weighted by molar-refractivity contribution is 7.89. The van der Waals surface area contributed by atoms with Gasteiger partial charge in [0.15, 0.2) is 0 Å². The lowest BCUT2D eigenvalue weighted by molar-refractivity contribution is 0.0971. The molecule has 1 aromatic carbocycles. The molecule has 38 heavy (non-hydrogen) atoms. The molecule has 6 rings (SSSR count). The summed E-state index contributed by atoms with van der Waals surface area (Å²) in [5.74, 6) is -1.41. The summed E-state index contributed by atoms with van der Waals surface area (Å²) in [7, 11) is -3.67. The highest BCUT2D eigenvalue weighted by Gasteiger charge is 2.35. The summed E-state index contributed by atoms with van der Waals surface area (Å²) in [6, 6.07) is 6.22. The third-order valence-electron chi connectivity index (χ3n) is 6.93. The van der Waals surface area contributed by atoms with Gasteiger partial charge in [0.1, 0.15) is 0 Å². The standard InChI is InChI=1S/C24H26N8O5S/c33-21(27-19-14-26-6-5-20(19)30-11-7-25-8-12-30)22-28-29-24(37-22)32-15-16-3-4-17(13-18(16)23(32)34)38(35,36)31-9-1-2-10-31/h3-6,13-14,25H,1-2,7-12,15H2,(H,27,33). The normalized spacial score (nSPS) is 18.2. The lowest BCUT2D eigenvalue weighted by Gasteiger charge is -2.30. The molecule has 2 aromatic heterocycles. The number of hydrogen-bond donors (Lipinski definition) is 2. The van der Waals surface area contributed by atoms with Gasteiger partial charge in [0.05, 0.1) is 29.0 Å². The fourth-order valence-electron chi connectivity index (χ4n) is 4.93. The predicted molar refractivity (Wildman–Crippen MR) is 137 cm³/mol. The first-order valence-electron chi connectivity index (χ1n) is 12.4. The van der Waals surface area contributed by atoms with E-state index in [1.54, 1.807) is 18.5 Å². The number of benzene rings is 1. The zero-order valence-corrected chi connectivity index (χ0v) is 21.3. The van der Waals surface area contributed by atoms with Gasteiger partial charge in [0.2, 0.25) is 10.0 Å². The molecule has 2 fully saturated rings. The van der Waals surface area contributed by atoms with Gasteiger partial charge in [-0.3, -0.25) is 19.5 Å². The minimum absolute atomic E-state index is 0.0794. The molecule has 198 valence electrons. The molecule has 0 bridgehead atoms. The van der Waals surface area contributed by atoms with Crippen molar-refractivity contribution in [3.8, 4) is 0 Å². The van der Waals surface area contributed by atoms with Crippen LogP contribution in [0.2, 0.25) is 0 Å². The van der Waals surface area contributed by atoms with Crippen LogP contribution in [-0.2, 0) is 16.6 Å². The van der Waals surface area contributed by atoms with Gasteiger partial charge in [-0.2, -0.15) is 4.31 Å². The number of amides is 2. The van der Waals surface area contributed by atoms with Crippen molar-refractivity contribution in [3.63, 3.8) is 0 Å². The predicted octanol–water partition coefficient (Wildman–Crippen LogP) is 1.07. The van der Waals surface area contributed by atoms with Crippen molar-refractivity contribution in [1.82, 2.24) is 24.8 Å². The Balaban J connectivity index is 1.19. The number of pyridine rings is 1. The molecule has 0 saturated carbocycles. The van der Waals surface area contributed by atoms with Crippen LogP contribution in [0.4, 0.5) is 17.4 Å². The number of nitrogens with zero attached hydrogens (tertiary/aromatic N) is 6. The number of anilines is 3. The van der Waals surface area contributed by atoms with E-state index in [2.05, 4.69) is 30.7 Å². The second-order valence-electron chi connectivity index (χ2n) is 9.30. The maximum Gasteiger partial charge on any atom is 0.326 e. The van der Waals surface area contributed by atoms with Crippen molar-refractivity contribution in [2.24, 2.45) is 0 Å². The topological polar surface area (TPSA) is 154 Å². The number of hydrogen-bond acceptors (Lipinski definition) is 10. The van der Waals surface area contributed by atoms with Crippen LogP contribution in [0.5, 0.6) is 0 Å². The first-order chi connectivity index (χ1) is 18.4. The van der Waals surface area contributed by atoms with Gasteiger partial charge < -0.3 is 20.0 Å². The SMILES string of the molecule is O=C(Nc1cnccc1N1CCNCC1)c1nnc(N2Cc3ccc(S(=O)(=O)N4CCCC4)cc3C2=O)o1. The lowest BCUT2D eigenvalue weighted by Crippen LogP contribution is -2.43. The minimum atomic E-state index is -3.67. The van der Waals surface area contributed by atoms with E-state index in [4.69, 9.17) is 4.42 Å². The van der Waals surface area contributed by atoms with Crippen LogP contribution in [0.25, 0.3) is 0 Å². The third-order valence-corrected chi connectivity index (χ3v) is 8.83. The molecular formula is C24H26N8O5S. The van der Waals surface area contributed by atoms with Crippen molar-refractivity contribution in [2.45, 2.75) is 24.3 Å². The fourth-order valence-corrected chi connectivity index (χ4v) is 6.47. The molecule has 3 aliphatic heterocycles. The van der Waals surface area contributed by atoms with E-state index in [0.29, 0.717) is 24.3 Å². The van der Waals surface area contributed by atoms with Crippen molar-refractivity contribution < 1.29 is 22.4 Å². The Morgan fingerprint density at radius 1 is 1.05 bits per heavy atom. The number of carbonyl (C=O) groups is 2. The number of fused-ring (bicyclic) bond motifs is 1. The molecule has 14 heteroatoms. The fraction of sp³-hybridized carbons (Fsp3) is 0.375. The third kappa shape index (κ3) is 4.40. The second kappa shape index (κ2) is 9.78. The number of rotatable bonds is 6. The van der Waals surface area contributed by atoms with E-state index in [1.807, 2.05) is 6.07 Å². The first kappa shape index (κ1) is 24.5. The van der Waals surface area contributed by atoms with Crippen molar-refractivity contribution in [3.05, 3.63) is 53.7 Å². The maximum atomic E-state index is 13.2. The zero-order chi connectivity index (χ0) is 26.3. The number of sulfonamides is 1. The molecule has 0 spiro atoms. The van der Waals surface area contributed by atoms with E-state index >= 15 is 0 Å². The van der Waals surface area contributed by atoms with E-state index in [1.165, 1.54) is 21.3 Å². The van der Waals surface area contributed by atoms with Gasteiger partial charge >= 0.3 is 17.8 Å². The van der Waals surface area contributed by atoms with Crippen molar-refractivity contribution >= 4 is 39.2 Å². The van der Waals surface area contributed by atoms with Crippen LogP contribution in [0.1, 0.15) is 39.4 Å². The van der Waals surface area contributed by atoms with Crippen LogP contribution >= 0.6 is 0 Å². The molecule has 2 amide bonds. The van der Waals surface area contributed by atoms with Gasteiger partial charge in [-0.1, -0.05) is 11.2 Å². The summed E-state index contributed by atoms with van der Waals surface area (Å²) in [5.41, 5.74) is 2.23. The number of nitrogens with one attached hydrogen (secondary N) is 2. The summed E-state index contributed by atoms with van der Waals surface area (Å²) in [5, 5.41) is 13.8. The second-order valence-corrected chi connectivity index (χ2v) is 11.2. The Morgan fingerprint density at radius 3 is 2.63 bits per heavy atom. The molecule has 0 unspecified atom stereocenters. The molecule has 5 heterocycles. The Bertz CT molecular complexity index is 1490. The Labute approximate surface area is 218 Å². The van der Waals surface area contributed by atoms with Gasteiger partial charge in [-0.25, -0.2) is 8.42 Å². The molecule has 3 aromatic rings. The molecule has 0 atom stereocenters. The van der Waals surface area contributed by atoms with Crippen molar-refractivity contribution in [2.75, 3.05) is 54.4 Å². The monoisotopic (exact) mass is 538 g/mol. The lowest BCUT2D eigenvalue weighted by atomic mass is 10.1. The molecular weight excluding hydrogens is 512 g/mol. The van der Waals surface area contributed by atoms with Crippen LogP contribution in [0.15, 0.2) is 46.0 Å². The summed E-state index contributed by atoms with van der Waals surface area (Å²) >= 11 is 0. The smallest absolute Gasteiger partial charge is 0.326 e. The Hall–Kier alpha value is -3.88. The van der Waals surface area contributed by atoms with E-state index in [0.717, 1.165) is 44.7 Å². The Kier molecular flexibility index (Phi) is 6.29. The highest BCUT2D eigenvalue weighted by atomic mass is 32.2. The quantitative estimate of drug-likeness (QED) is 0.466. The minimum Gasteiger partial charge on any atom is -0.398 e. The van der Waals surface area contributed by atoms with Gasteiger partial charge in [-0.05, 0) is 36.6 Å². The molecule has 2 N–H and O–H groups in total. The Morgan fingerprint density at radius 2 is 1.84 bits per heavy atom. The average Bonchev–Trinajstić information content (AvgIpc) is 3.70. The van der Waals surface area contributed by atoms with E-state index in [9.17, 15) is 18.0 Å². The molecule has 0 radical (unpaired) electrons. The maximum absolute atomic E-state index is 13.2. The molecule has 0 aliphatic carbocycles. The number of carbonyl (C=O) groups excluding carboxylic acids is 2. The van der Waals surface area contributed by atoms with Crippen LogP contribution in [0.3, 0.4) is 0 Å².